The molecule has 29 heavy (non-hydrogen) atoms. The first kappa shape index (κ1) is 25.9. The summed E-state index contributed by atoms with van der Waals surface area (Å²) in [5, 5.41) is 6.20. The van der Waals surface area contributed by atoms with E-state index in [0.29, 0.717) is 6.04 Å². The van der Waals surface area contributed by atoms with E-state index in [9.17, 15) is 9.59 Å². The number of hydrogen-bond donors (Lipinski definition) is 2. The molecule has 2 amide bonds. The highest BCUT2D eigenvalue weighted by atomic mass is 16.5. The fourth-order valence-corrected chi connectivity index (χ4v) is 3.41. The summed E-state index contributed by atoms with van der Waals surface area (Å²) < 4.78 is 10.5. The summed E-state index contributed by atoms with van der Waals surface area (Å²) in [4.78, 5) is 23.3. The van der Waals surface area contributed by atoms with Crippen LogP contribution in [0.1, 0.15) is 86.0 Å². The normalized spacial score (nSPS) is 20.3. The Hall–Kier alpha value is -1.14. The Kier molecular flexibility index (Phi) is 12.5. The van der Waals surface area contributed by atoms with E-state index in [1.54, 1.807) is 0 Å². The number of hydrogen-bond acceptors (Lipinski definition) is 4. The van der Waals surface area contributed by atoms with Crippen molar-refractivity contribution < 1.29 is 19.1 Å². The van der Waals surface area contributed by atoms with Crippen LogP contribution in [0.25, 0.3) is 0 Å². The van der Waals surface area contributed by atoms with Crippen molar-refractivity contribution in [2.24, 2.45) is 11.8 Å². The molecule has 0 bridgehead atoms. The summed E-state index contributed by atoms with van der Waals surface area (Å²) in [5.74, 6) is 0.599. The Morgan fingerprint density at radius 3 is 2.10 bits per heavy atom. The number of amides is 2. The van der Waals surface area contributed by atoms with Crippen LogP contribution in [0.2, 0.25) is 0 Å². The SMILES string of the molecule is CC(C)C(=O)NC1(C)CCOCC1.CCCCCC(C)C(=O)NC1CCOCC1. The highest BCUT2D eigenvalue weighted by Crippen LogP contribution is 2.20. The summed E-state index contributed by atoms with van der Waals surface area (Å²) in [6.45, 7) is 13.2. The van der Waals surface area contributed by atoms with Gasteiger partial charge in [0.15, 0.2) is 0 Å². The second kappa shape index (κ2) is 14.0. The fourth-order valence-electron chi connectivity index (χ4n) is 3.41. The van der Waals surface area contributed by atoms with Gasteiger partial charge in [-0.3, -0.25) is 9.59 Å². The molecule has 0 aromatic carbocycles. The van der Waals surface area contributed by atoms with E-state index >= 15 is 0 Å². The molecule has 2 saturated heterocycles. The summed E-state index contributed by atoms with van der Waals surface area (Å²) in [6.07, 6.45) is 8.41. The van der Waals surface area contributed by atoms with Crippen LogP contribution < -0.4 is 10.6 Å². The average Bonchev–Trinajstić information content (AvgIpc) is 2.69. The molecule has 2 heterocycles. The van der Waals surface area contributed by atoms with Crippen LogP contribution in [0, 0.1) is 11.8 Å². The van der Waals surface area contributed by atoms with Crippen LogP contribution in [0.4, 0.5) is 0 Å². The fraction of sp³-hybridized carbons (Fsp3) is 0.913. The zero-order valence-electron chi connectivity index (χ0n) is 19.4. The summed E-state index contributed by atoms with van der Waals surface area (Å²) in [7, 11) is 0. The van der Waals surface area contributed by atoms with E-state index in [1.165, 1.54) is 19.3 Å². The zero-order chi connectivity index (χ0) is 21.7. The van der Waals surface area contributed by atoms with Gasteiger partial charge in [-0.25, -0.2) is 0 Å². The Morgan fingerprint density at radius 2 is 1.55 bits per heavy atom. The van der Waals surface area contributed by atoms with Gasteiger partial charge >= 0.3 is 0 Å². The number of carbonyl (C=O) groups excluding carboxylic acids is 2. The molecule has 0 radical (unpaired) electrons. The molecule has 2 rings (SSSR count). The van der Waals surface area contributed by atoms with Crippen LogP contribution in [-0.4, -0.2) is 49.8 Å². The minimum Gasteiger partial charge on any atom is -0.381 e. The van der Waals surface area contributed by atoms with E-state index in [0.717, 1.165) is 58.5 Å². The minimum absolute atomic E-state index is 0.0421. The molecule has 6 heteroatoms. The number of unbranched alkanes of at least 4 members (excludes halogenated alkanes) is 2. The molecule has 2 N–H and O–H groups in total. The van der Waals surface area contributed by atoms with E-state index < -0.39 is 0 Å². The largest absolute Gasteiger partial charge is 0.381 e. The van der Waals surface area contributed by atoms with E-state index in [-0.39, 0.29) is 29.2 Å². The van der Waals surface area contributed by atoms with Crippen LogP contribution in [0.3, 0.4) is 0 Å². The third kappa shape index (κ3) is 11.0. The van der Waals surface area contributed by atoms with Crippen molar-refractivity contribution in [1.29, 1.82) is 0 Å². The van der Waals surface area contributed by atoms with Gasteiger partial charge in [0.25, 0.3) is 0 Å². The second-order valence-electron chi connectivity index (χ2n) is 9.11. The standard InChI is InChI=1S/C13H25NO2.C10H19NO2/c1-3-4-5-6-11(2)13(15)14-12-7-9-16-10-8-12;1-8(2)9(12)11-10(3)4-6-13-7-5-10/h11-12H,3-10H2,1-2H3,(H,14,15);8H,4-7H2,1-3H3,(H,11,12). The topological polar surface area (TPSA) is 76.7 Å². The van der Waals surface area contributed by atoms with Gasteiger partial charge in [0.1, 0.15) is 0 Å². The van der Waals surface area contributed by atoms with Crippen molar-refractivity contribution in [3.8, 4) is 0 Å². The Balaban J connectivity index is 0.000000296. The molecule has 2 fully saturated rings. The Morgan fingerprint density at radius 1 is 0.966 bits per heavy atom. The minimum atomic E-state index is -0.0421. The molecule has 0 saturated carbocycles. The molecular formula is C23H44N2O4. The predicted molar refractivity (Wildman–Crippen MR) is 117 cm³/mol. The third-order valence-corrected chi connectivity index (χ3v) is 5.80. The molecule has 0 aromatic rings. The molecular weight excluding hydrogens is 368 g/mol. The highest BCUT2D eigenvalue weighted by molar-refractivity contribution is 5.79. The molecule has 2 aliphatic rings. The van der Waals surface area contributed by atoms with Gasteiger partial charge in [-0.15, -0.1) is 0 Å². The zero-order valence-corrected chi connectivity index (χ0v) is 19.4. The van der Waals surface area contributed by atoms with E-state index in [4.69, 9.17) is 9.47 Å². The smallest absolute Gasteiger partial charge is 0.223 e. The Bertz CT molecular complexity index is 469. The lowest BCUT2D eigenvalue weighted by Gasteiger charge is -2.35. The molecule has 0 spiro atoms. The number of nitrogens with one attached hydrogen (secondary N) is 2. The molecule has 2 aliphatic heterocycles. The van der Waals surface area contributed by atoms with Crippen molar-refractivity contribution in [3.63, 3.8) is 0 Å². The maximum Gasteiger partial charge on any atom is 0.223 e. The second-order valence-corrected chi connectivity index (χ2v) is 9.11. The maximum absolute atomic E-state index is 11.9. The van der Waals surface area contributed by atoms with Crippen LogP contribution in [0.15, 0.2) is 0 Å². The van der Waals surface area contributed by atoms with Gasteiger partial charge in [-0.05, 0) is 39.0 Å². The molecule has 170 valence electrons. The third-order valence-electron chi connectivity index (χ3n) is 5.80. The first-order valence-electron chi connectivity index (χ1n) is 11.5. The maximum atomic E-state index is 11.9. The summed E-state index contributed by atoms with van der Waals surface area (Å²) >= 11 is 0. The monoisotopic (exact) mass is 412 g/mol. The molecule has 1 unspecified atom stereocenters. The van der Waals surface area contributed by atoms with E-state index in [2.05, 4.69) is 24.5 Å². The van der Waals surface area contributed by atoms with Gasteiger partial charge in [0.05, 0.1) is 0 Å². The highest BCUT2D eigenvalue weighted by Gasteiger charge is 2.29. The van der Waals surface area contributed by atoms with Gasteiger partial charge in [-0.1, -0.05) is 47.0 Å². The number of ether oxygens (including phenoxy) is 2. The predicted octanol–water partition coefficient (Wildman–Crippen LogP) is 3.83. The molecule has 0 aromatic heterocycles. The quantitative estimate of drug-likeness (QED) is 0.594. The Labute approximate surface area is 177 Å². The lowest BCUT2D eigenvalue weighted by atomic mass is 9.92. The number of carbonyl (C=O) groups is 2. The summed E-state index contributed by atoms with van der Waals surface area (Å²) in [6, 6.07) is 0.342. The van der Waals surface area contributed by atoms with Crippen LogP contribution in [-0.2, 0) is 19.1 Å². The first-order valence-corrected chi connectivity index (χ1v) is 11.5. The lowest BCUT2D eigenvalue weighted by molar-refractivity contribution is -0.127. The van der Waals surface area contributed by atoms with Gasteiger partial charge in [-0.2, -0.15) is 0 Å². The van der Waals surface area contributed by atoms with Gasteiger partial charge in [0, 0.05) is 49.8 Å². The van der Waals surface area contributed by atoms with Crippen LogP contribution in [0.5, 0.6) is 0 Å². The van der Waals surface area contributed by atoms with Crippen LogP contribution >= 0.6 is 0 Å². The van der Waals surface area contributed by atoms with Gasteiger partial charge in [0.2, 0.25) is 11.8 Å². The van der Waals surface area contributed by atoms with Crippen molar-refractivity contribution in [2.75, 3.05) is 26.4 Å². The van der Waals surface area contributed by atoms with Crippen molar-refractivity contribution >= 4 is 11.8 Å². The van der Waals surface area contributed by atoms with Crippen molar-refractivity contribution in [1.82, 2.24) is 10.6 Å². The lowest BCUT2D eigenvalue weighted by Crippen LogP contribution is -2.50. The van der Waals surface area contributed by atoms with E-state index in [1.807, 2.05) is 20.8 Å². The number of rotatable bonds is 8. The summed E-state index contributed by atoms with van der Waals surface area (Å²) in [5.41, 5.74) is -0.0421. The molecule has 6 nitrogen and oxygen atoms in total. The van der Waals surface area contributed by atoms with Crippen molar-refractivity contribution in [2.45, 2.75) is 97.6 Å². The van der Waals surface area contributed by atoms with Crippen molar-refractivity contribution in [3.05, 3.63) is 0 Å². The first-order chi connectivity index (χ1) is 13.8. The molecule has 1 atom stereocenters. The van der Waals surface area contributed by atoms with Gasteiger partial charge < -0.3 is 20.1 Å². The average molecular weight is 413 g/mol. The molecule has 0 aliphatic carbocycles.